The average molecular weight is 421 g/mol. The molecule has 0 radical (unpaired) electrons. The van der Waals surface area contributed by atoms with Crippen LogP contribution in [0.3, 0.4) is 0 Å². The van der Waals surface area contributed by atoms with Gasteiger partial charge in [-0.1, -0.05) is 12.1 Å². The van der Waals surface area contributed by atoms with Crippen molar-refractivity contribution in [2.24, 2.45) is 0 Å². The van der Waals surface area contributed by atoms with Gasteiger partial charge in [0.15, 0.2) is 6.10 Å². The van der Waals surface area contributed by atoms with Crippen molar-refractivity contribution in [3.8, 4) is 11.5 Å². The Kier molecular flexibility index (Phi) is 6.97. The summed E-state index contributed by atoms with van der Waals surface area (Å²) < 4.78 is 13.0. The summed E-state index contributed by atoms with van der Waals surface area (Å²) in [5.74, 6) is 0.569. The van der Waals surface area contributed by atoms with Gasteiger partial charge in [-0.2, -0.15) is 0 Å². The number of carbonyl (C=O) groups is 2. The van der Waals surface area contributed by atoms with Gasteiger partial charge in [-0.15, -0.1) is 0 Å². The lowest BCUT2D eigenvalue weighted by Gasteiger charge is -2.17. The molecule has 0 spiro atoms. The number of ether oxygens (including phenoxy) is 2. The summed E-state index contributed by atoms with van der Waals surface area (Å²) in [5.41, 5.74) is 5.82. The van der Waals surface area contributed by atoms with E-state index < -0.39 is 6.10 Å². The van der Waals surface area contributed by atoms with E-state index in [0.29, 0.717) is 29.4 Å². The first-order valence-electron chi connectivity index (χ1n) is 10.1. The number of nitrogens with zero attached hydrogens (tertiary/aromatic N) is 1. The van der Waals surface area contributed by atoms with Gasteiger partial charge in [0.05, 0.1) is 12.3 Å². The van der Waals surface area contributed by atoms with Crippen LogP contribution in [-0.4, -0.2) is 29.2 Å². The van der Waals surface area contributed by atoms with Crippen molar-refractivity contribution in [3.63, 3.8) is 0 Å². The number of para-hydroxylation sites is 2. The third-order valence-corrected chi connectivity index (χ3v) is 4.73. The van der Waals surface area contributed by atoms with Gasteiger partial charge >= 0.3 is 0 Å². The second-order valence-electron chi connectivity index (χ2n) is 7.10. The Balaban J connectivity index is 1.60. The van der Waals surface area contributed by atoms with Crippen LogP contribution in [0.4, 0.5) is 5.69 Å². The van der Waals surface area contributed by atoms with Crippen LogP contribution >= 0.6 is 0 Å². The molecule has 0 aliphatic heterocycles. The number of nitrogens with one attached hydrogen (secondary N) is 2. The first-order valence-corrected chi connectivity index (χ1v) is 10.1. The van der Waals surface area contributed by atoms with Crippen molar-refractivity contribution in [2.45, 2.75) is 33.8 Å². The number of benzene rings is 2. The van der Waals surface area contributed by atoms with Gasteiger partial charge in [0, 0.05) is 17.0 Å². The van der Waals surface area contributed by atoms with E-state index in [4.69, 9.17) is 9.47 Å². The highest BCUT2D eigenvalue weighted by atomic mass is 16.5. The quantitative estimate of drug-likeness (QED) is 0.568. The Morgan fingerprint density at radius 1 is 0.968 bits per heavy atom. The van der Waals surface area contributed by atoms with E-state index in [2.05, 4.69) is 10.7 Å². The first-order chi connectivity index (χ1) is 14.9. The molecule has 3 rings (SSSR count). The van der Waals surface area contributed by atoms with E-state index in [-0.39, 0.29) is 11.8 Å². The fraction of sp³-hybridized carbons (Fsp3) is 0.250. The van der Waals surface area contributed by atoms with Crippen LogP contribution < -0.4 is 20.2 Å². The Morgan fingerprint density at radius 3 is 2.26 bits per heavy atom. The molecule has 3 aromatic rings. The van der Waals surface area contributed by atoms with Crippen LogP contribution in [0.2, 0.25) is 0 Å². The standard InChI is InChI=1S/C24H27N3O4/c1-5-30-22-9-7-6-8-21(22)25-23(28)18(4)31-20-14-12-19(13-15-20)24(29)26-27-16(2)10-11-17(27)3/h6-15,18H,5H2,1-4H3,(H,25,28)(H,26,29)/t18-/m0/s1. The average Bonchev–Trinajstić information content (AvgIpc) is 3.07. The molecule has 0 aliphatic rings. The highest BCUT2D eigenvalue weighted by Gasteiger charge is 2.17. The monoisotopic (exact) mass is 421 g/mol. The van der Waals surface area contributed by atoms with Crippen molar-refractivity contribution in [2.75, 3.05) is 17.3 Å². The number of carbonyl (C=O) groups excluding carboxylic acids is 2. The molecule has 0 bridgehead atoms. The zero-order valence-electron chi connectivity index (χ0n) is 18.1. The maximum Gasteiger partial charge on any atom is 0.270 e. The SMILES string of the molecule is CCOc1ccccc1NC(=O)[C@H](C)Oc1ccc(C(=O)Nn2c(C)ccc2C)cc1. The van der Waals surface area contributed by atoms with Gasteiger partial charge in [-0.25, -0.2) is 0 Å². The van der Waals surface area contributed by atoms with Gasteiger partial charge in [0.25, 0.3) is 11.8 Å². The number of anilines is 1. The predicted molar refractivity (Wildman–Crippen MR) is 120 cm³/mol. The fourth-order valence-electron chi connectivity index (χ4n) is 3.04. The van der Waals surface area contributed by atoms with Crippen LogP contribution in [0.1, 0.15) is 35.6 Å². The number of amides is 2. The van der Waals surface area contributed by atoms with Gasteiger partial charge < -0.3 is 14.8 Å². The van der Waals surface area contributed by atoms with Crippen molar-refractivity contribution in [1.29, 1.82) is 0 Å². The molecule has 7 nitrogen and oxygen atoms in total. The molecule has 0 unspecified atom stereocenters. The summed E-state index contributed by atoms with van der Waals surface area (Å²) in [5, 5.41) is 2.82. The van der Waals surface area contributed by atoms with Crippen molar-refractivity contribution >= 4 is 17.5 Å². The number of aryl methyl sites for hydroxylation is 2. The Morgan fingerprint density at radius 2 is 1.61 bits per heavy atom. The third kappa shape index (κ3) is 5.45. The van der Waals surface area contributed by atoms with Crippen LogP contribution in [0.15, 0.2) is 60.7 Å². The van der Waals surface area contributed by atoms with E-state index in [9.17, 15) is 9.59 Å². The van der Waals surface area contributed by atoms with Crippen LogP contribution in [0, 0.1) is 13.8 Å². The van der Waals surface area contributed by atoms with E-state index in [1.807, 2.05) is 45.0 Å². The van der Waals surface area contributed by atoms with Crippen LogP contribution in [0.5, 0.6) is 11.5 Å². The normalized spacial score (nSPS) is 11.5. The summed E-state index contributed by atoms with van der Waals surface area (Å²) in [6, 6.07) is 17.8. The molecule has 0 aliphatic carbocycles. The predicted octanol–water partition coefficient (Wildman–Crippen LogP) is 4.29. The van der Waals surface area contributed by atoms with Crippen molar-refractivity contribution in [1.82, 2.24) is 4.68 Å². The van der Waals surface area contributed by atoms with Gasteiger partial charge in [0.2, 0.25) is 0 Å². The Bertz CT molecular complexity index is 1040. The van der Waals surface area contributed by atoms with Crippen molar-refractivity contribution in [3.05, 3.63) is 77.6 Å². The lowest BCUT2D eigenvalue weighted by atomic mass is 10.2. The molecule has 1 heterocycles. The summed E-state index contributed by atoms with van der Waals surface area (Å²) in [4.78, 5) is 25.0. The number of hydrogen-bond donors (Lipinski definition) is 2. The number of rotatable bonds is 8. The summed E-state index contributed by atoms with van der Waals surface area (Å²) >= 11 is 0. The summed E-state index contributed by atoms with van der Waals surface area (Å²) in [7, 11) is 0. The molecule has 1 aromatic heterocycles. The lowest BCUT2D eigenvalue weighted by Crippen LogP contribution is -2.30. The summed E-state index contributed by atoms with van der Waals surface area (Å²) in [6.45, 7) is 7.89. The minimum absolute atomic E-state index is 0.229. The molecule has 7 heteroatoms. The maximum absolute atomic E-state index is 12.5. The second kappa shape index (κ2) is 9.84. The molecule has 0 saturated heterocycles. The van der Waals surface area contributed by atoms with E-state index in [1.165, 1.54) is 0 Å². The Hall–Kier alpha value is -3.74. The highest BCUT2D eigenvalue weighted by Crippen LogP contribution is 2.24. The number of hydrogen-bond acceptors (Lipinski definition) is 4. The second-order valence-corrected chi connectivity index (χ2v) is 7.10. The largest absolute Gasteiger partial charge is 0.492 e. The third-order valence-electron chi connectivity index (χ3n) is 4.73. The molecule has 2 N–H and O–H groups in total. The molecule has 1 atom stereocenters. The molecule has 0 saturated carbocycles. The fourth-order valence-corrected chi connectivity index (χ4v) is 3.04. The van der Waals surface area contributed by atoms with Crippen LogP contribution in [-0.2, 0) is 4.79 Å². The minimum Gasteiger partial charge on any atom is -0.492 e. The smallest absolute Gasteiger partial charge is 0.270 e. The number of aromatic nitrogens is 1. The van der Waals surface area contributed by atoms with Crippen LogP contribution in [0.25, 0.3) is 0 Å². The van der Waals surface area contributed by atoms with Crippen molar-refractivity contribution < 1.29 is 19.1 Å². The molecule has 2 aromatic carbocycles. The molecule has 0 fully saturated rings. The Labute approximate surface area is 182 Å². The molecule has 162 valence electrons. The minimum atomic E-state index is -0.737. The molecular formula is C24H27N3O4. The maximum atomic E-state index is 12.5. The topological polar surface area (TPSA) is 81.6 Å². The molecular weight excluding hydrogens is 394 g/mol. The zero-order chi connectivity index (χ0) is 22.4. The zero-order valence-corrected chi connectivity index (χ0v) is 18.1. The highest BCUT2D eigenvalue weighted by molar-refractivity contribution is 6.00. The van der Waals surface area contributed by atoms with Gasteiger partial charge in [-0.3, -0.25) is 19.7 Å². The van der Waals surface area contributed by atoms with E-state index in [1.54, 1.807) is 48.0 Å². The molecule has 2 amide bonds. The lowest BCUT2D eigenvalue weighted by molar-refractivity contribution is -0.122. The van der Waals surface area contributed by atoms with Gasteiger partial charge in [0.1, 0.15) is 11.5 Å². The summed E-state index contributed by atoms with van der Waals surface area (Å²) in [6.07, 6.45) is -0.737. The van der Waals surface area contributed by atoms with Gasteiger partial charge in [-0.05, 0) is 76.2 Å². The van der Waals surface area contributed by atoms with E-state index in [0.717, 1.165) is 11.4 Å². The first kappa shape index (κ1) is 22.0. The molecule has 31 heavy (non-hydrogen) atoms. The van der Waals surface area contributed by atoms with E-state index >= 15 is 0 Å².